The van der Waals surface area contributed by atoms with Gasteiger partial charge in [-0.15, -0.1) is 0 Å². The Kier molecular flexibility index (Phi) is 7.08. The summed E-state index contributed by atoms with van der Waals surface area (Å²) in [5.41, 5.74) is 6.55. The van der Waals surface area contributed by atoms with Crippen molar-refractivity contribution in [3.8, 4) is 11.4 Å². The molecule has 0 unspecified atom stereocenters. The van der Waals surface area contributed by atoms with Crippen molar-refractivity contribution >= 4 is 33.4 Å². The fraction of sp³-hybridized carbons (Fsp3) is 0.226. The number of nitrogens with zero attached hydrogens (tertiary/aromatic N) is 1. The van der Waals surface area contributed by atoms with Crippen LogP contribution in [0.15, 0.2) is 78.9 Å². The lowest BCUT2D eigenvalue weighted by Gasteiger charge is -2.08. The van der Waals surface area contributed by atoms with Crippen LogP contribution >= 0.6 is 0 Å². The average Bonchev–Trinajstić information content (AvgIpc) is 3.25. The number of aromatic nitrogens is 2. The molecule has 5 aromatic rings. The third-order valence-electron chi connectivity index (χ3n) is 6.61. The molecule has 2 aromatic heterocycles. The maximum atomic E-state index is 14.1. The largest absolute Gasteiger partial charge is 0.353 e. The van der Waals surface area contributed by atoms with Gasteiger partial charge in [-0.3, -0.25) is 4.79 Å². The lowest BCUT2D eigenvalue weighted by molar-refractivity contribution is -0.116. The van der Waals surface area contributed by atoms with Crippen LogP contribution in [0.3, 0.4) is 0 Å². The van der Waals surface area contributed by atoms with Gasteiger partial charge in [-0.05, 0) is 79.3 Å². The van der Waals surface area contributed by atoms with Crippen LogP contribution in [-0.4, -0.2) is 15.9 Å². The molecule has 0 spiro atoms. The van der Waals surface area contributed by atoms with Crippen molar-refractivity contribution in [2.45, 2.75) is 45.4 Å². The number of halogens is 1. The van der Waals surface area contributed by atoms with E-state index in [1.54, 1.807) is 12.1 Å². The molecule has 0 atom stereocenters. The van der Waals surface area contributed by atoms with Gasteiger partial charge in [-0.25, -0.2) is 9.37 Å². The summed E-state index contributed by atoms with van der Waals surface area (Å²) < 4.78 is 14.1. The lowest BCUT2D eigenvalue weighted by atomic mass is 10.0. The second-order valence-electron chi connectivity index (χ2n) is 9.26. The number of fused-ring (bicyclic) bond motifs is 2. The van der Waals surface area contributed by atoms with Gasteiger partial charge < -0.3 is 10.3 Å². The molecule has 36 heavy (non-hydrogen) atoms. The predicted molar refractivity (Wildman–Crippen MR) is 146 cm³/mol. The van der Waals surface area contributed by atoms with Crippen LogP contribution in [-0.2, 0) is 17.6 Å². The van der Waals surface area contributed by atoms with Crippen LogP contribution in [0, 0.1) is 5.82 Å². The summed E-state index contributed by atoms with van der Waals surface area (Å²) in [5, 5.41) is 4.90. The standard InChI is InChI=1S/C31H30FN3O/c1-2-3-7-21-12-16-24(17-13-21)33-30(36)11-6-9-25-26-20-23(32)15-19-28(26)35-31(25)29-18-14-22-8-4-5-10-27(22)34-29/h4-5,8,10,12-20,35H,2-3,6-7,9,11H2,1H3,(H,33,36). The van der Waals surface area contributed by atoms with E-state index in [1.165, 1.54) is 24.5 Å². The van der Waals surface area contributed by atoms with E-state index in [0.717, 1.165) is 50.9 Å². The zero-order valence-electron chi connectivity index (χ0n) is 20.5. The third-order valence-corrected chi connectivity index (χ3v) is 6.61. The Hall–Kier alpha value is -3.99. The molecule has 0 aliphatic heterocycles. The van der Waals surface area contributed by atoms with Crippen molar-refractivity contribution in [3.05, 3.63) is 95.8 Å². The number of hydrogen-bond acceptors (Lipinski definition) is 2. The Bertz CT molecular complexity index is 1500. The quantitative estimate of drug-likeness (QED) is 0.226. The number of anilines is 1. The van der Waals surface area contributed by atoms with Crippen molar-refractivity contribution in [2.75, 3.05) is 5.32 Å². The summed E-state index contributed by atoms with van der Waals surface area (Å²) in [6, 6.07) is 24.9. The summed E-state index contributed by atoms with van der Waals surface area (Å²) in [6.45, 7) is 2.18. The van der Waals surface area contributed by atoms with Gasteiger partial charge in [0.25, 0.3) is 0 Å². The topological polar surface area (TPSA) is 57.8 Å². The van der Waals surface area contributed by atoms with E-state index in [4.69, 9.17) is 4.98 Å². The van der Waals surface area contributed by atoms with Crippen LogP contribution in [0.4, 0.5) is 10.1 Å². The Balaban J connectivity index is 1.32. The first kappa shape index (κ1) is 23.7. The van der Waals surface area contributed by atoms with E-state index >= 15 is 0 Å². The van der Waals surface area contributed by atoms with Crippen molar-refractivity contribution in [2.24, 2.45) is 0 Å². The van der Waals surface area contributed by atoms with E-state index in [9.17, 15) is 9.18 Å². The second-order valence-corrected chi connectivity index (χ2v) is 9.26. The third kappa shape index (κ3) is 5.30. The van der Waals surface area contributed by atoms with E-state index in [0.29, 0.717) is 19.3 Å². The van der Waals surface area contributed by atoms with Crippen LogP contribution in [0.25, 0.3) is 33.2 Å². The number of aryl methyl sites for hydroxylation is 2. The van der Waals surface area contributed by atoms with Gasteiger partial charge in [0.15, 0.2) is 0 Å². The molecular weight excluding hydrogens is 449 g/mol. The van der Waals surface area contributed by atoms with Crippen molar-refractivity contribution < 1.29 is 9.18 Å². The minimum Gasteiger partial charge on any atom is -0.353 e. The molecule has 1 amide bonds. The van der Waals surface area contributed by atoms with Gasteiger partial charge in [0.05, 0.1) is 16.9 Å². The number of carbonyl (C=O) groups is 1. The lowest BCUT2D eigenvalue weighted by Crippen LogP contribution is -2.11. The second kappa shape index (κ2) is 10.7. The fourth-order valence-electron chi connectivity index (χ4n) is 4.69. The molecule has 0 saturated heterocycles. The zero-order valence-corrected chi connectivity index (χ0v) is 20.5. The molecule has 5 heteroatoms. The van der Waals surface area contributed by atoms with Gasteiger partial charge in [0, 0.05) is 28.4 Å². The average molecular weight is 480 g/mol. The number of amides is 1. The highest BCUT2D eigenvalue weighted by molar-refractivity contribution is 5.92. The number of nitrogens with one attached hydrogen (secondary N) is 2. The molecule has 3 aromatic carbocycles. The number of hydrogen-bond donors (Lipinski definition) is 2. The van der Waals surface area contributed by atoms with Crippen molar-refractivity contribution in [1.82, 2.24) is 9.97 Å². The van der Waals surface area contributed by atoms with E-state index < -0.39 is 0 Å². The summed E-state index contributed by atoms with van der Waals surface area (Å²) in [7, 11) is 0. The highest BCUT2D eigenvalue weighted by atomic mass is 19.1. The molecule has 0 fully saturated rings. The molecule has 182 valence electrons. The molecule has 0 radical (unpaired) electrons. The van der Waals surface area contributed by atoms with Crippen LogP contribution in [0.1, 0.15) is 43.7 Å². The fourth-order valence-corrected chi connectivity index (χ4v) is 4.69. The summed E-state index contributed by atoms with van der Waals surface area (Å²) >= 11 is 0. The first-order chi connectivity index (χ1) is 17.6. The number of pyridine rings is 1. The first-order valence-corrected chi connectivity index (χ1v) is 12.7. The molecule has 2 N–H and O–H groups in total. The number of carbonyl (C=O) groups excluding carboxylic acids is 1. The highest BCUT2D eigenvalue weighted by Crippen LogP contribution is 2.32. The van der Waals surface area contributed by atoms with Crippen LogP contribution in [0.2, 0.25) is 0 Å². The zero-order chi connectivity index (χ0) is 24.9. The Labute approximate surface area is 210 Å². The predicted octanol–water partition coefficient (Wildman–Crippen LogP) is 7.83. The van der Waals surface area contributed by atoms with Crippen LogP contribution in [0.5, 0.6) is 0 Å². The van der Waals surface area contributed by atoms with Crippen LogP contribution < -0.4 is 5.32 Å². The molecular formula is C31H30FN3O. The summed E-state index contributed by atoms with van der Waals surface area (Å²) in [4.78, 5) is 20.9. The van der Waals surface area contributed by atoms with Gasteiger partial charge in [0.1, 0.15) is 5.82 Å². The SMILES string of the molecule is CCCCc1ccc(NC(=O)CCCc2c(-c3ccc4ccccc4n3)[nH]c3ccc(F)cc23)cc1. The number of benzene rings is 3. The molecule has 2 heterocycles. The van der Waals surface area contributed by atoms with E-state index in [1.807, 2.05) is 42.5 Å². The number of aromatic amines is 1. The van der Waals surface area contributed by atoms with Gasteiger partial charge in [-0.2, -0.15) is 0 Å². The smallest absolute Gasteiger partial charge is 0.224 e. The maximum Gasteiger partial charge on any atom is 0.224 e. The normalized spacial score (nSPS) is 11.3. The Morgan fingerprint density at radius 2 is 1.78 bits per heavy atom. The summed E-state index contributed by atoms with van der Waals surface area (Å²) in [5.74, 6) is -0.298. The molecule has 0 aliphatic rings. The van der Waals surface area contributed by atoms with E-state index in [2.05, 4.69) is 35.4 Å². The minimum atomic E-state index is -0.277. The number of rotatable bonds is 9. The van der Waals surface area contributed by atoms with Gasteiger partial charge >= 0.3 is 0 Å². The molecule has 0 saturated carbocycles. The maximum absolute atomic E-state index is 14.1. The highest BCUT2D eigenvalue weighted by Gasteiger charge is 2.16. The molecule has 0 bridgehead atoms. The molecule has 4 nitrogen and oxygen atoms in total. The Morgan fingerprint density at radius 3 is 2.61 bits per heavy atom. The van der Waals surface area contributed by atoms with Crippen molar-refractivity contribution in [1.29, 1.82) is 0 Å². The molecule has 5 rings (SSSR count). The van der Waals surface area contributed by atoms with Gasteiger partial charge in [0.2, 0.25) is 5.91 Å². The Morgan fingerprint density at radius 1 is 0.944 bits per heavy atom. The molecule has 0 aliphatic carbocycles. The van der Waals surface area contributed by atoms with E-state index in [-0.39, 0.29) is 11.7 Å². The first-order valence-electron chi connectivity index (χ1n) is 12.7. The number of unbranched alkanes of at least 4 members (excludes halogenated alkanes) is 1. The minimum absolute atomic E-state index is 0.0206. The number of H-pyrrole nitrogens is 1. The van der Waals surface area contributed by atoms with Crippen molar-refractivity contribution in [3.63, 3.8) is 0 Å². The van der Waals surface area contributed by atoms with Gasteiger partial charge in [-0.1, -0.05) is 49.7 Å². The monoisotopic (exact) mass is 479 g/mol. The number of para-hydroxylation sites is 1. The summed E-state index contributed by atoms with van der Waals surface area (Å²) in [6.07, 6.45) is 5.05.